The van der Waals surface area contributed by atoms with E-state index < -0.39 is 0 Å². The zero-order valence-electron chi connectivity index (χ0n) is 12.2. The molecule has 0 heterocycles. The number of hydrogen-bond donors (Lipinski definition) is 1. The molecule has 0 aliphatic rings. The summed E-state index contributed by atoms with van der Waals surface area (Å²) in [6, 6.07) is 17.4. The van der Waals surface area contributed by atoms with Gasteiger partial charge in [0.2, 0.25) is 0 Å². The smallest absolute Gasteiger partial charge is 0.0406 e. The third-order valence-electron chi connectivity index (χ3n) is 3.59. The summed E-state index contributed by atoms with van der Waals surface area (Å²) in [5.41, 5.74) is 4.04. The summed E-state index contributed by atoms with van der Waals surface area (Å²) in [6.45, 7) is 5.29. The Balaban J connectivity index is 2.13. The van der Waals surface area contributed by atoms with E-state index in [-0.39, 0.29) is 0 Å². The highest BCUT2D eigenvalue weighted by Gasteiger charge is 2.11. The van der Waals surface area contributed by atoms with E-state index >= 15 is 0 Å². The van der Waals surface area contributed by atoms with Crippen molar-refractivity contribution in [2.24, 2.45) is 0 Å². The Morgan fingerprint density at radius 2 is 1.50 bits per heavy atom. The van der Waals surface area contributed by atoms with Crippen LogP contribution < -0.4 is 5.32 Å². The van der Waals surface area contributed by atoms with Crippen molar-refractivity contribution < 1.29 is 0 Å². The summed E-state index contributed by atoms with van der Waals surface area (Å²) < 4.78 is 0. The van der Waals surface area contributed by atoms with Crippen molar-refractivity contribution in [1.82, 2.24) is 5.32 Å². The third kappa shape index (κ3) is 4.09. The van der Waals surface area contributed by atoms with E-state index in [0.29, 0.717) is 6.04 Å². The quantitative estimate of drug-likeness (QED) is 0.805. The molecule has 0 saturated carbocycles. The molecule has 0 spiro atoms. The maximum atomic E-state index is 5.97. The van der Waals surface area contributed by atoms with E-state index in [1.807, 2.05) is 12.1 Å². The molecule has 0 aliphatic heterocycles. The third-order valence-corrected chi connectivity index (χ3v) is 3.85. The van der Waals surface area contributed by atoms with Gasteiger partial charge in [0.1, 0.15) is 0 Å². The standard InChI is InChI=1S/C18H22ClN/c1-3-14-5-7-15(8-6-14)13-18(20-4-2)16-9-11-17(19)12-10-16/h5-12,18,20H,3-4,13H2,1-2H3. The fraction of sp³-hybridized carbons (Fsp3) is 0.333. The van der Waals surface area contributed by atoms with Crippen LogP contribution in [0.4, 0.5) is 0 Å². The molecule has 0 aliphatic carbocycles. The first-order chi connectivity index (χ1) is 9.72. The molecule has 1 N–H and O–H groups in total. The Bertz CT molecular complexity index is 516. The lowest BCUT2D eigenvalue weighted by molar-refractivity contribution is 0.550. The predicted molar refractivity (Wildman–Crippen MR) is 87.4 cm³/mol. The highest BCUT2D eigenvalue weighted by Crippen LogP contribution is 2.21. The lowest BCUT2D eigenvalue weighted by Crippen LogP contribution is -2.22. The van der Waals surface area contributed by atoms with Gasteiger partial charge in [-0.05, 0) is 48.2 Å². The lowest BCUT2D eigenvalue weighted by atomic mass is 9.98. The van der Waals surface area contributed by atoms with Crippen LogP contribution in [0, 0.1) is 0 Å². The van der Waals surface area contributed by atoms with E-state index in [1.54, 1.807) is 0 Å². The minimum atomic E-state index is 0.338. The minimum Gasteiger partial charge on any atom is -0.310 e. The molecule has 2 aromatic carbocycles. The van der Waals surface area contributed by atoms with Crippen LogP contribution in [0.2, 0.25) is 5.02 Å². The van der Waals surface area contributed by atoms with Gasteiger partial charge in [0.05, 0.1) is 0 Å². The summed E-state index contributed by atoms with van der Waals surface area (Å²) in [5.74, 6) is 0. The van der Waals surface area contributed by atoms with Gasteiger partial charge in [-0.2, -0.15) is 0 Å². The topological polar surface area (TPSA) is 12.0 Å². The van der Waals surface area contributed by atoms with Gasteiger partial charge in [-0.15, -0.1) is 0 Å². The predicted octanol–water partition coefficient (Wildman–Crippen LogP) is 4.80. The molecule has 0 saturated heterocycles. The van der Waals surface area contributed by atoms with Gasteiger partial charge in [-0.1, -0.05) is 61.8 Å². The number of rotatable bonds is 6. The molecule has 0 fully saturated rings. The number of hydrogen-bond acceptors (Lipinski definition) is 1. The fourth-order valence-corrected chi connectivity index (χ4v) is 2.52. The fourth-order valence-electron chi connectivity index (χ4n) is 2.40. The zero-order chi connectivity index (χ0) is 14.4. The molecule has 2 aromatic rings. The van der Waals surface area contributed by atoms with Crippen LogP contribution in [0.3, 0.4) is 0 Å². The van der Waals surface area contributed by atoms with Crippen LogP contribution in [0.1, 0.15) is 36.6 Å². The Morgan fingerprint density at radius 1 is 0.900 bits per heavy atom. The second-order valence-electron chi connectivity index (χ2n) is 5.04. The molecule has 20 heavy (non-hydrogen) atoms. The van der Waals surface area contributed by atoms with Gasteiger partial charge in [0.15, 0.2) is 0 Å². The van der Waals surface area contributed by atoms with Crippen molar-refractivity contribution >= 4 is 11.6 Å². The first kappa shape index (κ1) is 15.1. The number of benzene rings is 2. The van der Waals surface area contributed by atoms with Gasteiger partial charge in [-0.3, -0.25) is 0 Å². The average Bonchev–Trinajstić information content (AvgIpc) is 2.48. The maximum absolute atomic E-state index is 5.97. The van der Waals surface area contributed by atoms with E-state index in [4.69, 9.17) is 11.6 Å². The highest BCUT2D eigenvalue weighted by atomic mass is 35.5. The molecule has 1 nitrogen and oxygen atoms in total. The SMILES string of the molecule is CCNC(Cc1ccc(CC)cc1)c1ccc(Cl)cc1. The maximum Gasteiger partial charge on any atom is 0.0406 e. The van der Waals surface area contributed by atoms with Crippen molar-refractivity contribution in [2.75, 3.05) is 6.54 Å². The van der Waals surface area contributed by atoms with E-state index in [9.17, 15) is 0 Å². The second kappa shape index (κ2) is 7.47. The normalized spacial score (nSPS) is 12.3. The summed E-state index contributed by atoms with van der Waals surface area (Å²) in [7, 11) is 0. The number of nitrogens with one attached hydrogen (secondary N) is 1. The van der Waals surface area contributed by atoms with Crippen molar-refractivity contribution in [3.8, 4) is 0 Å². The van der Waals surface area contributed by atoms with Gasteiger partial charge >= 0.3 is 0 Å². The molecule has 0 radical (unpaired) electrons. The van der Waals surface area contributed by atoms with Crippen LogP contribution in [0.5, 0.6) is 0 Å². The van der Waals surface area contributed by atoms with E-state index in [1.165, 1.54) is 16.7 Å². The first-order valence-corrected chi connectivity index (χ1v) is 7.67. The average molecular weight is 288 g/mol. The van der Waals surface area contributed by atoms with E-state index in [2.05, 4.69) is 55.6 Å². The summed E-state index contributed by atoms with van der Waals surface area (Å²) >= 11 is 5.97. The Kier molecular flexibility index (Phi) is 5.63. The minimum absolute atomic E-state index is 0.338. The van der Waals surface area contributed by atoms with Crippen LogP contribution in [0.25, 0.3) is 0 Å². The number of aryl methyl sites for hydroxylation is 1. The Hall–Kier alpha value is -1.31. The number of halogens is 1. The highest BCUT2D eigenvalue weighted by molar-refractivity contribution is 6.30. The largest absolute Gasteiger partial charge is 0.310 e. The molecule has 1 unspecified atom stereocenters. The molecule has 0 aromatic heterocycles. The molecule has 2 heteroatoms. The summed E-state index contributed by atoms with van der Waals surface area (Å²) in [5, 5.41) is 4.34. The van der Waals surface area contributed by atoms with Crippen molar-refractivity contribution in [2.45, 2.75) is 32.7 Å². The van der Waals surface area contributed by atoms with Crippen LogP contribution in [-0.2, 0) is 12.8 Å². The molecule has 2 rings (SSSR count). The van der Waals surface area contributed by atoms with Gasteiger partial charge < -0.3 is 5.32 Å². The molecular formula is C18H22ClN. The van der Waals surface area contributed by atoms with Crippen LogP contribution in [-0.4, -0.2) is 6.54 Å². The molecule has 1 atom stereocenters. The Morgan fingerprint density at radius 3 is 2.05 bits per heavy atom. The Labute approximate surface area is 127 Å². The second-order valence-corrected chi connectivity index (χ2v) is 5.47. The lowest BCUT2D eigenvalue weighted by Gasteiger charge is -2.19. The zero-order valence-corrected chi connectivity index (χ0v) is 13.0. The van der Waals surface area contributed by atoms with Crippen LogP contribution >= 0.6 is 11.6 Å². The summed E-state index contributed by atoms with van der Waals surface area (Å²) in [4.78, 5) is 0. The van der Waals surface area contributed by atoms with Crippen molar-refractivity contribution in [1.29, 1.82) is 0 Å². The monoisotopic (exact) mass is 287 g/mol. The molecule has 0 bridgehead atoms. The van der Waals surface area contributed by atoms with Crippen molar-refractivity contribution in [3.05, 3.63) is 70.2 Å². The van der Waals surface area contributed by atoms with E-state index in [0.717, 1.165) is 24.4 Å². The first-order valence-electron chi connectivity index (χ1n) is 7.29. The summed E-state index contributed by atoms with van der Waals surface area (Å²) in [6.07, 6.45) is 2.09. The molecule has 0 amide bonds. The van der Waals surface area contributed by atoms with Gasteiger partial charge in [0, 0.05) is 11.1 Å². The van der Waals surface area contributed by atoms with Gasteiger partial charge in [0.25, 0.3) is 0 Å². The molecular weight excluding hydrogens is 266 g/mol. The van der Waals surface area contributed by atoms with Crippen molar-refractivity contribution in [3.63, 3.8) is 0 Å². The van der Waals surface area contributed by atoms with Gasteiger partial charge in [-0.25, -0.2) is 0 Å². The molecule has 106 valence electrons. The van der Waals surface area contributed by atoms with Crippen LogP contribution in [0.15, 0.2) is 48.5 Å². The number of likely N-dealkylation sites (N-methyl/N-ethyl adjacent to an activating group) is 1.